The highest BCUT2D eigenvalue weighted by Crippen LogP contribution is 2.35. The first-order valence-corrected chi connectivity index (χ1v) is 20.5. The first kappa shape index (κ1) is 39.3. The van der Waals surface area contributed by atoms with Gasteiger partial charge in [-0.05, 0) is 74.8 Å². The molecule has 3 heterocycles. The summed E-state index contributed by atoms with van der Waals surface area (Å²) in [5, 5.41) is 21.8. The molecule has 1 aromatic carbocycles. The molecule has 2 atom stereocenters. The van der Waals surface area contributed by atoms with Crippen LogP contribution in [0.5, 0.6) is 0 Å². The van der Waals surface area contributed by atoms with Crippen molar-refractivity contribution in [1.82, 2.24) is 25.2 Å². The molecule has 15 nitrogen and oxygen atoms in total. The number of rotatable bonds is 12. The molecule has 5 rings (SSSR count). The van der Waals surface area contributed by atoms with Gasteiger partial charge in [0, 0.05) is 18.5 Å². The maximum Gasteiger partial charge on any atom is 0.287 e. The lowest BCUT2D eigenvalue weighted by Crippen LogP contribution is -2.63. The Labute approximate surface area is 307 Å². The molecule has 2 saturated heterocycles. The van der Waals surface area contributed by atoms with Crippen molar-refractivity contribution < 1.29 is 37.5 Å². The fourth-order valence-electron chi connectivity index (χ4n) is 7.27. The number of hydrogen-bond acceptors (Lipinski definition) is 11. The van der Waals surface area contributed by atoms with Crippen LogP contribution in [-0.2, 0) is 34.6 Å². The topological polar surface area (TPSA) is 224 Å². The Morgan fingerprint density at radius 2 is 1.73 bits per heavy atom. The molecule has 1 saturated carbocycles. The molecular formula is C35H47N7O8S2. The fraction of sp³-hybridized carbons (Fsp3) is 0.600. The van der Waals surface area contributed by atoms with Crippen molar-refractivity contribution in [3.63, 3.8) is 0 Å². The molecule has 0 radical (unpaired) electrons. The SMILES string of the molecule is CCS(=O)(=O)c1ccc(C(=O)N=C(CC2CCCCC2)C(=O)N2C[C@@H](n3nncc3C(C)(C)O)C[C@H]2C(=O)NC2(C(=O)C(N)=O)CCSCC2)cc1. The highest BCUT2D eigenvalue weighted by Gasteiger charge is 2.49. The molecular weight excluding hydrogens is 711 g/mol. The summed E-state index contributed by atoms with van der Waals surface area (Å²) in [6.45, 7) is 4.60. The van der Waals surface area contributed by atoms with Crippen LogP contribution >= 0.6 is 11.8 Å². The molecule has 0 bridgehead atoms. The number of nitrogens with two attached hydrogens (primary N) is 1. The van der Waals surface area contributed by atoms with Crippen LogP contribution in [0.1, 0.15) is 101 Å². The normalized spacial score (nSPS) is 21.5. The van der Waals surface area contributed by atoms with E-state index >= 15 is 0 Å². The molecule has 2 aromatic rings. The second kappa shape index (κ2) is 16.0. The van der Waals surface area contributed by atoms with E-state index in [4.69, 9.17) is 5.73 Å². The lowest BCUT2D eigenvalue weighted by atomic mass is 9.85. The first-order chi connectivity index (χ1) is 24.6. The van der Waals surface area contributed by atoms with Crippen molar-refractivity contribution >= 4 is 56.7 Å². The molecule has 0 unspecified atom stereocenters. The molecule has 4 amide bonds. The van der Waals surface area contributed by atoms with Gasteiger partial charge in [0.05, 0.1) is 28.6 Å². The van der Waals surface area contributed by atoms with E-state index in [1.807, 2.05) is 0 Å². The number of nitrogens with zero attached hydrogens (tertiary/aromatic N) is 5. The minimum Gasteiger partial charge on any atom is -0.384 e. The van der Waals surface area contributed by atoms with Crippen molar-refractivity contribution in [2.24, 2.45) is 16.6 Å². The molecule has 2 aliphatic heterocycles. The number of hydrogen-bond donors (Lipinski definition) is 3. The van der Waals surface area contributed by atoms with Crippen molar-refractivity contribution in [2.75, 3.05) is 23.8 Å². The maximum atomic E-state index is 14.7. The lowest BCUT2D eigenvalue weighted by Gasteiger charge is -2.37. The van der Waals surface area contributed by atoms with E-state index in [-0.39, 0.29) is 60.1 Å². The maximum absolute atomic E-state index is 14.7. The van der Waals surface area contributed by atoms with Crippen molar-refractivity contribution in [2.45, 2.75) is 107 Å². The highest BCUT2D eigenvalue weighted by molar-refractivity contribution is 7.99. The lowest BCUT2D eigenvalue weighted by molar-refractivity contribution is -0.143. The van der Waals surface area contributed by atoms with Crippen molar-refractivity contribution in [3.8, 4) is 0 Å². The van der Waals surface area contributed by atoms with Gasteiger partial charge in [-0.2, -0.15) is 11.8 Å². The number of aliphatic hydroxyl groups is 1. The zero-order valence-corrected chi connectivity index (χ0v) is 31.4. The fourth-order valence-corrected chi connectivity index (χ4v) is 9.34. The van der Waals surface area contributed by atoms with Gasteiger partial charge >= 0.3 is 0 Å². The van der Waals surface area contributed by atoms with Gasteiger partial charge in [-0.15, -0.1) is 5.10 Å². The van der Waals surface area contributed by atoms with E-state index in [1.54, 1.807) is 25.6 Å². The van der Waals surface area contributed by atoms with Crippen molar-refractivity contribution in [1.29, 1.82) is 0 Å². The van der Waals surface area contributed by atoms with Gasteiger partial charge in [-0.25, -0.2) is 18.1 Å². The third kappa shape index (κ3) is 8.63. The van der Waals surface area contributed by atoms with Gasteiger partial charge in [0.25, 0.3) is 17.7 Å². The molecule has 282 valence electrons. The molecule has 17 heteroatoms. The third-order valence-electron chi connectivity index (χ3n) is 10.3. The van der Waals surface area contributed by atoms with E-state index in [9.17, 15) is 37.5 Å². The van der Waals surface area contributed by atoms with Gasteiger partial charge in [-0.1, -0.05) is 44.2 Å². The predicted molar refractivity (Wildman–Crippen MR) is 193 cm³/mol. The Morgan fingerprint density at radius 3 is 2.33 bits per heavy atom. The molecule has 1 aliphatic carbocycles. The van der Waals surface area contributed by atoms with Crippen LogP contribution in [-0.4, -0.2) is 104 Å². The molecule has 3 aliphatic rings. The summed E-state index contributed by atoms with van der Waals surface area (Å²) in [6.07, 6.45) is 6.64. The Kier molecular flexibility index (Phi) is 12.0. The number of ketones is 1. The molecule has 52 heavy (non-hydrogen) atoms. The summed E-state index contributed by atoms with van der Waals surface area (Å²) in [7, 11) is -3.50. The van der Waals surface area contributed by atoms with E-state index in [0.29, 0.717) is 17.2 Å². The number of benzene rings is 1. The highest BCUT2D eigenvalue weighted by atomic mass is 32.2. The monoisotopic (exact) mass is 757 g/mol. The Hall–Kier alpha value is -3.96. The van der Waals surface area contributed by atoms with E-state index in [1.165, 1.54) is 47.0 Å². The van der Waals surface area contributed by atoms with Gasteiger partial charge in [0.1, 0.15) is 22.9 Å². The standard InChI is InChI=1S/C35H47N7O8S2/c1-4-52(49,50)25-12-10-23(11-13-25)31(45)38-26(18-22-8-6-5-7-9-22)33(47)41-21-24(42-28(20-37-40-42)34(2,3)48)19-27(41)32(46)39-35(29(43)30(36)44)14-16-51-17-15-35/h10-13,20,22,24,27,48H,4-9,14-19,21H2,1-3H3,(H2,36,44)(H,39,46)/t24-,27-/m0/s1. The second-order valence-electron chi connectivity index (χ2n) is 14.4. The number of sulfone groups is 1. The Balaban J connectivity index is 1.52. The number of Topliss-reactive ketones (excluding diaryl/α,β-unsaturated/α-hetero) is 1. The number of aliphatic imine (C=N–C) groups is 1. The molecule has 3 fully saturated rings. The number of likely N-dealkylation sites (tertiary alicyclic amines) is 1. The average molecular weight is 758 g/mol. The summed E-state index contributed by atoms with van der Waals surface area (Å²) >= 11 is 1.58. The number of carbonyl (C=O) groups excluding carboxylic acids is 5. The summed E-state index contributed by atoms with van der Waals surface area (Å²) in [4.78, 5) is 73.6. The zero-order valence-electron chi connectivity index (χ0n) is 29.7. The van der Waals surface area contributed by atoms with Gasteiger partial charge in [-0.3, -0.25) is 24.0 Å². The van der Waals surface area contributed by atoms with Gasteiger partial charge in [0.15, 0.2) is 9.84 Å². The van der Waals surface area contributed by atoms with E-state index in [2.05, 4.69) is 20.6 Å². The smallest absolute Gasteiger partial charge is 0.287 e. The van der Waals surface area contributed by atoms with Crippen LogP contribution in [0.15, 0.2) is 40.4 Å². The summed E-state index contributed by atoms with van der Waals surface area (Å²) in [5.74, 6) is -3.14. The first-order valence-electron chi connectivity index (χ1n) is 17.7. The van der Waals surface area contributed by atoms with Crippen LogP contribution in [0, 0.1) is 5.92 Å². The van der Waals surface area contributed by atoms with Crippen LogP contribution in [0.3, 0.4) is 0 Å². The number of nitrogens with one attached hydrogen (secondary N) is 1. The number of thioether (sulfide) groups is 1. The zero-order chi connectivity index (χ0) is 37.8. The quantitative estimate of drug-likeness (QED) is 0.210. The number of carbonyl (C=O) groups is 5. The van der Waals surface area contributed by atoms with Crippen LogP contribution in [0.4, 0.5) is 0 Å². The second-order valence-corrected chi connectivity index (χ2v) is 17.9. The number of amides is 4. The van der Waals surface area contributed by atoms with Crippen LogP contribution in [0.25, 0.3) is 0 Å². The number of primary amides is 1. The van der Waals surface area contributed by atoms with E-state index in [0.717, 1.165) is 32.1 Å². The molecule has 0 spiro atoms. The average Bonchev–Trinajstić information content (AvgIpc) is 3.80. The minimum atomic E-state index is -3.50. The van der Waals surface area contributed by atoms with Gasteiger partial charge < -0.3 is 21.1 Å². The molecule has 4 N–H and O–H groups in total. The summed E-state index contributed by atoms with van der Waals surface area (Å²) < 4.78 is 26.2. The van der Waals surface area contributed by atoms with Crippen LogP contribution in [0.2, 0.25) is 0 Å². The van der Waals surface area contributed by atoms with Gasteiger partial charge in [0.2, 0.25) is 11.7 Å². The van der Waals surface area contributed by atoms with Crippen molar-refractivity contribution in [3.05, 3.63) is 41.7 Å². The largest absolute Gasteiger partial charge is 0.384 e. The Morgan fingerprint density at radius 1 is 1.08 bits per heavy atom. The number of aromatic nitrogens is 3. The summed E-state index contributed by atoms with van der Waals surface area (Å²) in [6, 6.07) is 3.59. The third-order valence-corrected chi connectivity index (χ3v) is 13.0. The Bertz CT molecular complexity index is 1820. The minimum absolute atomic E-state index is 0.0254. The van der Waals surface area contributed by atoms with E-state index < -0.39 is 62.5 Å². The van der Waals surface area contributed by atoms with Crippen LogP contribution < -0.4 is 11.1 Å². The molecule has 1 aromatic heterocycles. The predicted octanol–water partition coefficient (Wildman–Crippen LogP) is 2.13. The summed E-state index contributed by atoms with van der Waals surface area (Å²) in [5.41, 5.74) is 2.95.